The van der Waals surface area contributed by atoms with Gasteiger partial charge in [-0.25, -0.2) is 4.39 Å². The van der Waals surface area contributed by atoms with Crippen LogP contribution in [0.25, 0.3) is 0 Å². The van der Waals surface area contributed by atoms with Gasteiger partial charge in [-0.2, -0.15) is 0 Å². The number of hydrogen-bond donors (Lipinski definition) is 1. The van der Waals surface area contributed by atoms with Crippen molar-refractivity contribution in [2.24, 2.45) is 0 Å². The molecule has 0 aliphatic heterocycles. The topological polar surface area (TPSA) is 29.1 Å². The first-order chi connectivity index (χ1) is 7.70. The van der Waals surface area contributed by atoms with Gasteiger partial charge in [0, 0.05) is 10.0 Å². The Morgan fingerprint density at radius 1 is 1.47 bits per heavy atom. The average Bonchev–Trinajstić information content (AvgIpc) is 2.18. The SMILES string of the molecule is CC(C)(C)NC(=O)C(Cl)c1cc(F)ccc1Br. The van der Waals surface area contributed by atoms with Crippen molar-refractivity contribution in [3.8, 4) is 0 Å². The third-order valence-electron chi connectivity index (χ3n) is 1.96. The number of amides is 1. The first-order valence-electron chi connectivity index (χ1n) is 5.12. The first kappa shape index (κ1) is 14.5. The number of carbonyl (C=O) groups excluding carboxylic acids is 1. The third-order valence-corrected chi connectivity index (χ3v) is 3.11. The lowest BCUT2D eigenvalue weighted by molar-refractivity contribution is -0.122. The highest BCUT2D eigenvalue weighted by Gasteiger charge is 2.24. The minimum atomic E-state index is -0.917. The van der Waals surface area contributed by atoms with Crippen LogP contribution in [0.15, 0.2) is 22.7 Å². The van der Waals surface area contributed by atoms with E-state index in [0.29, 0.717) is 10.0 Å². The fourth-order valence-electron chi connectivity index (χ4n) is 1.28. The van der Waals surface area contributed by atoms with Crippen LogP contribution in [0, 0.1) is 5.82 Å². The number of nitrogens with one attached hydrogen (secondary N) is 1. The van der Waals surface area contributed by atoms with Crippen LogP contribution in [0.4, 0.5) is 4.39 Å². The molecule has 0 radical (unpaired) electrons. The van der Waals surface area contributed by atoms with Gasteiger partial charge in [-0.15, -0.1) is 11.6 Å². The Morgan fingerprint density at radius 2 is 2.06 bits per heavy atom. The molecule has 0 saturated heterocycles. The van der Waals surface area contributed by atoms with E-state index in [1.54, 1.807) is 0 Å². The van der Waals surface area contributed by atoms with Crippen LogP contribution in [0.2, 0.25) is 0 Å². The molecule has 94 valence electrons. The molecule has 0 bridgehead atoms. The molecule has 0 spiro atoms. The van der Waals surface area contributed by atoms with Gasteiger partial charge in [-0.3, -0.25) is 4.79 Å². The lowest BCUT2D eigenvalue weighted by atomic mass is 10.1. The molecule has 5 heteroatoms. The summed E-state index contributed by atoms with van der Waals surface area (Å²) in [7, 11) is 0. The summed E-state index contributed by atoms with van der Waals surface area (Å²) in [5.41, 5.74) is 0.0535. The maximum atomic E-state index is 13.1. The number of rotatable bonds is 2. The smallest absolute Gasteiger partial charge is 0.243 e. The van der Waals surface area contributed by atoms with E-state index in [1.165, 1.54) is 18.2 Å². The number of hydrogen-bond acceptors (Lipinski definition) is 1. The zero-order valence-corrected chi connectivity index (χ0v) is 12.2. The summed E-state index contributed by atoms with van der Waals surface area (Å²) in [4.78, 5) is 11.8. The van der Waals surface area contributed by atoms with Crippen LogP contribution >= 0.6 is 27.5 Å². The Hall–Kier alpha value is -0.610. The Morgan fingerprint density at radius 3 is 2.59 bits per heavy atom. The predicted molar refractivity (Wildman–Crippen MR) is 70.6 cm³/mol. The normalized spacial score (nSPS) is 13.3. The van der Waals surface area contributed by atoms with E-state index in [4.69, 9.17) is 11.6 Å². The van der Waals surface area contributed by atoms with E-state index in [2.05, 4.69) is 21.2 Å². The van der Waals surface area contributed by atoms with E-state index in [0.717, 1.165) is 0 Å². The molecule has 0 aliphatic rings. The zero-order chi connectivity index (χ0) is 13.2. The predicted octanol–water partition coefficient (Wildman–Crippen LogP) is 3.78. The van der Waals surface area contributed by atoms with Crippen molar-refractivity contribution < 1.29 is 9.18 Å². The van der Waals surface area contributed by atoms with Gasteiger partial charge in [-0.05, 0) is 44.5 Å². The number of carbonyl (C=O) groups is 1. The van der Waals surface area contributed by atoms with E-state index in [1.807, 2.05) is 20.8 Å². The maximum Gasteiger partial charge on any atom is 0.243 e. The van der Waals surface area contributed by atoms with Crippen molar-refractivity contribution >= 4 is 33.4 Å². The van der Waals surface area contributed by atoms with Crippen LogP contribution < -0.4 is 5.32 Å². The fourth-order valence-corrected chi connectivity index (χ4v) is 2.13. The van der Waals surface area contributed by atoms with Crippen LogP contribution in [0.1, 0.15) is 31.7 Å². The summed E-state index contributed by atoms with van der Waals surface area (Å²) in [6.07, 6.45) is 0. The molecule has 1 rings (SSSR count). The lowest BCUT2D eigenvalue weighted by Crippen LogP contribution is -2.42. The summed E-state index contributed by atoms with van der Waals surface area (Å²) in [5.74, 6) is -0.761. The van der Waals surface area contributed by atoms with Crippen molar-refractivity contribution in [1.29, 1.82) is 0 Å². The summed E-state index contributed by atoms with van der Waals surface area (Å²) in [6, 6.07) is 4.09. The van der Waals surface area contributed by atoms with Gasteiger partial charge in [-0.1, -0.05) is 15.9 Å². The molecule has 0 fully saturated rings. The zero-order valence-electron chi connectivity index (χ0n) is 9.85. The molecular weight excluding hydrogens is 308 g/mol. The molecule has 0 saturated carbocycles. The first-order valence-corrected chi connectivity index (χ1v) is 6.35. The van der Waals surface area contributed by atoms with Crippen LogP contribution in [-0.2, 0) is 4.79 Å². The highest BCUT2D eigenvalue weighted by Crippen LogP contribution is 2.29. The van der Waals surface area contributed by atoms with Crippen molar-refractivity contribution in [3.05, 3.63) is 34.1 Å². The quantitative estimate of drug-likeness (QED) is 0.825. The minimum absolute atomic E-state index is 0.342. The molecule has 2 nitrogen and oxygen atoms in total. The fraction of sp³-hybridized carbons (Fsp3) is 0.417. The molecule has 0 aromatic heterocycles. The molecule has 0 aliphatic carbocycles. The Balaban J connectivity index is 2.92. The summed E-state index contributed by atoms with van der Waals surface area (Å²) in [5, 5.41) is 1.83. The highest BCUT2D eigenvalue weighted by atomic mass is 79.9. The summed E-state index contributed by atoms with van der Waals surface area (Å²) >= 11 is 9.28. The molecule has 0 heterocycles. The van der Waals surface area contributed by atoms with Crippen LogP contribution in [0.5, 0.6) is 0 Å². The van der Waals surface area contributed by atoms with Gasteiger partial charge in [0.2, 0.25) is 5.91 Å². The lowest BCUT2D eigenvalue weighted by Gasteiger charge is -2.23. The van der Waals surface area contributed by atoms with Gasteiger partial charge < -0.3 is 5.32 Å². The van der Waals surface area contributed by atoms with Crippen LogP contribution in [0.3, 0.4) is 0 Å². The third kappa shape index (κ3) is 4.28. The molecule has 17 heavy (non-hydrogen) atoms. The van der Waals surface area contributed by atoms with E-state index < -0.39 is 11.2 Å². The second-order valence-electron chi connectivity index (χ2n) is 4.77. The van der Waals surface area contributed by atoms with Crippen molar-refractivity contribution in [2.45, 2.75) is 31.7 Å². The average molecular weight is 323 g/mol. The van der Waals surface area contributed by atoms with E-state index in [-0.39, 0.29) is 11.4 Å². The van der Waals surface area contributed by atoms with Crippen molar-refractivity contribution in [3.63, 3.8) is 0 Å². The molecule has 1 unspecified atom stereocenters. The molecule has 1 aromatic carbocycles. The number of benzene rings is 1. The molecule has 1 N–H and O–H groups in total. The Kier molecular flexibility index (Phi) is 4.55. The van der Waals surface area contributed by atoms with Gasteiger partial charge in [0.05, 0.1) is 0 Å². The number of alkyl halides is 1. The van der Waals surface area contributed by atoms with Crippen LogP contribution in [-0.4, -0.2) is 11.4 Å². The standard InChI is InChI=1S/C12H14BrClFNO/c1-12(2,3)16-11(17)10(14)8-6-7(15)4-5-9(8)13/h4-6,10H,1-3H3,(H,16,17). The van der Waals surface area contributed by atoms with Gasteiger partial charge in [0.15, 0.2) is 0 Å². The van der Waals surface area contributed by atoms with Crippen molar-refractivity contribution in [1.82, 2.24) is 5.32 Å². The minimum Gasteiger partial charge on any atom is -0.350 e. The second kappa shape index (κ2) is 5.36. The molecule has 1 atom stereocenters. The molecule has 1 aromatic rings. The maximum absolute atomic E-state index is 13.1. The Bertz CT molecular complexity index is 431. The largest absolute Gasteiger partial charge is 0.350 e. The molecule has 1 amide bonds. The van der Waals surface area contributed by atoms with Gasteiger partial charge in [0.1, 0.15) is 11.2 Å². The summed E-state index contributed by atoms with van der Waals surface area (Å²) in [6.45, 7) is 5.57. The van der Waals surface area contributed by atoms with Gasteiger partial charge >= 0.3 is 0 Å². The molecular formula is C12H14BrClFNO. The van der Waals surface area contributed by atoms with E-state index >= 15 is 0 Å². The summed E-state index contributed by atoms with van der Waals surface area (Å²) < 4.78 is 13.7. The van der Waals surface area contributed by atoms with Crippen molar-refractivity contribution in [2.75, 3.05) is 0 Å². The number of halogens is 3. The van der Waals surface area contributed by atoms with Gasteiger partial charge in [0.25, 0.3) is 0 Å². The monoisotopic (exact) mass is 321 g/mol. The second-order valence-corrected chi connectivity index (χ2v) is 6.06. The highest BCUT2D eigenvalue weighted by molar-refractivity contribution is 9.10. The Labute approximate surface area is 114 Å². The van der Waals surface area contributed by atoms with E-state index in [9.17, 15) is 9.18 Å².